The minimum absolute atomic E-state index is 0.117. The summed E-state index contributed by atoms with van der Waals surface area (Å²) in [5.74, 6) is -0.455. The Balaban J connectivity index is 1.61. The average Bonchev–Trinajstić information content (AvgIpc) is 3.01. The first-order valence-electron chi connectivity index (χ1n) is 8.65. The number of benzene rings is 1. The molecular formula is C20H19FN2O2S. The average molecular weight is 370 g/mol. The predicted octanol–water partition coefficient (Wildman–Crippen LogP) is 4.39. The number of rotatable bonds is 3. The van der Waals surface area contributed by atoms with Gasteiger partial charge >= 0.3 is 0 Å². The van der Waals surface area contributed by atoms with E-state index in [-0.39, 0.29) is 23.9 Å². The van der Waals surface area contributed by atoms with Crippen LogP contribution < -0.4 is 5.32 Å². The Bertz CT molecular complexity index is 942. The van der Waals surface area contributed by atoms with Crippen LogP contribution in [0.5, 0.6) is 0 Å². The fourth-order valence-corrected chi connectivity index (χ4v) is 4.64. The van der Waals surface area contributed by atoms with Crippen molar-refractivity contribution in [1.29, 1.82) is 0 Å². The Morgan fingerprint density at radius 1 is 1.31 bits per heavy atom. The molecule has 3 heterocycles. The van der Waals surface area contributed by atoms with E-state index in [2.05, 4.69) is 10.3 Å². The highest BCUT2D eigenvalue weighted by molar-refractivity contribution is 7.21. The van der Waals surface area contributed by atoms with E-state index in [1.807, 2.05) is 18.2 Å². The van der Waals surface area contributed by atoms with Gasteiger partial charge in [0.25, 0.3) is 5.91 Å². The topological polar surface area (TPSA) is 51.2 Å². The lowest BCUT2D eigenvalue weighted by Gasteiger charge is -2.32. The minimum Gasteiger partial charge on any atom is -0.371 e. The second-order valence-corrected chi connectivity index (χ2v) is 7.52. The third-order valence-electron chi connectivity index (χ3n) is 4.78. The number of carbonyl (C=O) groups excluding carboxylic acids is 1. The molecule has 3 aromatic rings. The lowest BCUT2D eigenvalue weighted by molar-refractivity contribution is -0.00946. The van der Waals surface area contributed by atoms with Gasteiger partial charge in [-0.3, -0.25) is 9.78 Å². The number of pyridine rings is 1. The van der Waals surface area contributed by atoms with Crippen molar-refractivity contribution in [2.75, 3.05) is 6.61 Å². The van der Waals surface area contributed by atoms with Crippen LogP contribution in [0.4, 0.5) is 4.39 Å². The van der Waals surface area contributed by atoms with Crippen LogP contribution in [0.25, 0.3) is 10.1 Å². The van der Waals surface area contributed by atoms with Gasteiger partial charge in [0, 0.05) is 29.1 Å². The molecule has 4 rings (SSSR count). The normalized spacial score (nSPS) is 20.2. The van der Waals surface area contributed by atoms with Crippen molar-refractivity contribution in [1.82, 2.24) is 10.3 Å². The first kappa shape index (κ1) is 17.1. The van der Waals surface area contributed by atoms with Crippen molar-refractivity contribution in [3.05, 3.63) is 64.5 Å². The molecule has 26 heavy (non-hydrogen) atoms. The summed E-state index contributed by atoms with van der Waals surface area (Å²) in [4.78, 5) is 17.5. The number of fused-ring (bicyclic) bond motifs is 1. The maximum absolute atomic E-state index is 14.1. The van der Waals surface area contributed by atoms with Crippen LogP contribution >= 0.6 is 11.3 Å². The van der Waals surface area contributed by atoms with Gasteiger partial charge in [0.1, 0.15) is 11.9 Å². The highest BCUT2D eigenvalue weighted by Gasteiger charge is 2.30. The van der Waals surface area contributed by atoms with E-state index in [1.165, 1.54) is 17.4 Å². The highest BCUT2D eigenvalue weighted by atomic mass is 32.1. The van der Waals surface area contributed by atoms with Crippen molar-refractivity contribution in [2.24, 2.45) is 0 Å². The quantitative estimate of drug-likeness (QED) is 0.744. The van der Waals surface area contributed by atoms with Crippen molar-refractivity contribution in [2.45, 2.75) is 31.9 Å². The lowest BCUT2D eigenvalue weighted by atomic mass is 9.96. The Kier molecular flexibility index (Phi) is 4.70. The molecule has 1 aromatic carbocycles. The minimum atomic E-state index is -0.286. The SMILES string of the molecule is Cc1c(C(=O)N[C@H]2CCCO[C@@H]2c2ccncc2)sc2cccc(F)c12. The molecule has 2 atom stereocenters. The first-order chi connectivity index (χ1) is 12.6. The molecule has 1 aliphatic heterocycles. The number of nitrogens with zero attached hydrogens (tertiary/aromatic N) is 1. The van der Waals surface area contributed by atoms with Gasteiger partial charge in [0.2, 0.25) is 0 Å². The van der Waals surface area contributed by atoms with Crippen LogP contribution in [0, 0.1) is 12.7 Å². The zero-order chi connectivity index (χ0) is 18.1. The molecule has 0 aliphatic carbocycles. The number of ether oxygens (including phenoxy) is 1. The van der Waals surface area contributed by atoms with Gasteiger partial charge in [0.05, 0.1) is 10.9 Å². The predicted molar refractivity (Wildman–Crippen MR) is 99.9 cm³/mol. The van der Waals surface area contributed by atoms with Gasteiger partial charge in [0.15, 0.2) is 0 Å². The summed E-state index contributed by atoms with van der Waals surface area (Å²) in [6, 6.07) is 8.65. The van der Waals surface area contributed by atoms with Gasteiger partial charge in [-0.25, -0.2) is 4.39 Å². The molecule has 2 aromatic heterocycles. The van der Waals surface area contributed by atoms with E-state index in [0.29, 0.717) is 22.4 Å². The van der Waals surface area contributed by atoms with E-state index in [4.69, 9.17) is 4.74 Å². The van der Waals surface area contributed by atoms with E-state index >= 15 is 0 Å². The third kappa shape index (κ3) is 3.10. The van der Waals surface area contributed by atoms with E-state index in [9.17, 15) is 9.18 Å². The Hall–Kier alpha value is -2.31. The number of aromatic nitrogens is 1. The summed E-state index contributed by atoms with van der Waals surface area (Å²) >= 11 is 1.33. The molecule has 1 N–H and O–H groups in total. The fraction of sp³-hybridized carbons (Fsp3) is 0.300. The molecule has 0 bridgehead atoms. The van der Waals surface area contributed by atoms with Gasteiger partial charge in [-0.15, -0.1) is 11.3 Å². The van der Waals surface area contributed by atoms with Crippen molar-refractivity contribution in [3.8, 4) is 0 Å². The Morgan fingerprint density at radius 2 is 2.12 bits per heavy atom. The monoisotopic (exact) mass is 370 g/mol. The summed E-state index contributed by atoms with van der Waals surface area (Å²) in [7, 11) is 0. The molecule has 6 heteroatoms. The van der Waals surface area contributed by atoms with Crippen molar-refractivity contribution < 1.29 is 13.9 Å². The smallest absolute Gasteiger partial charge is 0.261 e. The standard InChI is InChI=1S/C20H19FN2O2S/c1-12-17-14(21)4-2-6-16(17)26-19(12)20(24)23-15-5-3-11-25-18(15)13-7-9-22-10-8-13/h2,4,6-10,15,18H,3,5,11H2,1H3,(H,23,24)/t15-,18+/m0/s1. The number of halogens is 1. The first-order valence-corrected chi connectivity index (χ1v) is 9.47. The van der Waals surface area contributed by atoms with Crippen molar-refractivity contribution >= 4 is 27.3 Å². The molecule has 0 unspecified atom stereocenters. The van der Waals surface area contributed by atoms with Gasteiger partial charge in [-0.1, -0.05) is 6.07 Å². The molecule has 4 nitrogen and oxygen atoms in total. The number of carbonyl (C=O) groups is 1. The van der Waals surface area contributed by atoms with Crippen LogP contribution in [0.2, 0.25) is 0 Å². The van der Waals surface area contributed by atoms with Gasteiger partial charge < -0.3 is 10.1 Å². The summed E-state index contributed by atoms with van der Waals surface area (Å²) < 4.78 is 20.8. The van der Waals surface area contributed by atoms with Crippen LogP contribution in [0.3, 0.4) is 0 Å². The molecule has 1 fully saturated rings. The summed E-state index contributed by atoms with van der Waals surface area (Å²) in [6.07, 6.45) is 5.00. The molecule has 1 saturated heterocycles. The lowest BCUT2D eigenvalue weighted by Crippen LogP contribution is -2.42. The molecule has 1 amide bonds. The summed E-state index contributed by atoms with van der Waals surface area (Å²) in [5.41, 5.74) is 1.70. The molecule has 0 radical (unpaired) electrons. The summed E-state index contributed by atoms with van der Waals surface area (Å²) in [6.45, 7) is 2.47. The third-order valence-corrected chi connectivity index (χ3v) is 6.04. The molecule has 0 spiro atoms. The highest BCUT2D eigenvalue weighted by Crippen LogP contribution is 2.33. The molecular weight excluding hydrogens is 351 g/mol. The molecule has 0 saturated carbocycles. The van der Waals surface area contributed by atoms with Gasteiger partial charge in [-0.2, -0.15) is 0 Å². The largest absolute Gasteiger partial charge is 0.371 e. The Morgan fingerprint density at radius 3 is 2.88 bits per heavy atom. The van der Waals surface area contributed by atoms with E-state index < -0.39 is 0 Å². The van der Waals surface area contributed by atoms with Crippen LogP contribution in [-0.4, -0.2) is 23.5 Å². The molecule has 134 valence electrons. The number of hydrogen-bond acceptors (Lipinski definition) is 4. The van der Waals surface area contributed by atoms with Crippen molar-refractivity contribution in [3.63, 3.8) is 0 Å². The second-order valence-electron chi connectivity index (χ2n) is 6.46. The zero-order valence-electron chi connectivity index (χ0n) is 14.4. The molecule has 1 aliphatic rings. The van der Waals surface area contributed by atoms with Crippen LogP contribution in [0.15, 0.2) is 42.7 Å². The van der Waals surface area contributed by atoms with Crippen LogP contribution in [-0.2, 0) is 4.74 Å². The number of amides is 1. The summed E-state index contributed by atoms with van der Waals surface area (Å²) in [5, 5.41) is 3.64. The maximum Gasteiger partial charge on any atom is 0.261 e. The van der Waals surface area contributed by atoms with Gasteiger partial charge in [-0.05, 0) is 55.2 Å². The number of hydrogen-bond donors (Lipinski definition) is 1. The Labute approximate surface area is 155 Å². The number of nitrogens with one attached hydrogen (secondary N) is 1. The zero-order valence-corrected chi connectivity index (χ0v) is 15.2. The van der Waals surface area contributed by atoms with E-state index in [0.717, 1.165) is 23.1 Å². The fourth-order valence-electron chi connectivity index (χ4n) is 3.51. The number of thiophene rings is 1. The van der Waals surface area contributed by atoms with E-state index in [1.54, 1.807) is 25.4 Å². The second kappa shape index (κ2) is 7.13. The number of aryl methyl sites for hydroxylation is 1. The maximum atomic E-state index is 14.1. The van der Waals surface area contributed by atoms with Crippen LogP contribution in [0.1, 0.15) is 39.7 Å².